The summed E-state index contributed by atoms with van der Waals surface area (Å²) in [6.07, 6.45) is 1.47. The van der Waals surface area contributed by atoms with Gasteiger partial charge >= 0.3 is 0 Å². The number of allylic oxidation sites excluding steroid dienone is 1. The normalized spacial score (nSPS) is 15.3. The summed E-state index contributed by atoms with van der Waals surface area (Å²) in [7, 11) is 3.12. The average molecular weight is 470 g/mol. The number of carbonyl (C=O) groups excluding carboxylic acids is 1. The Morgan fingerprint density at radius 2 is 2.03 bits per heavy atom. The molecule has 9 heteroatoms. The van der Waals surface area contributed by atoms with Crippen LogP contribution < -0.4 is 20.1 Å². The number of nitrogens with one attached hydrogen (secondary N) is 2. The van der Waals surface area contributed by atoms with Crippen LogP contribution in [-0.4, -0.2) is 34.9 Å². The number of rotatable bonds is 5. The van der Waals surface area contributed by atoms with Gasteiger partial charge < -0.3 is 20.1 Å². The van der Waals surface area contributed by atoms with Crippen molar-refractivity contribution < 1.29 is 14.3 Å². The molecular formula is C21H20BrN5O3. The lowest BCUT2D eigenvalue weighted by atomic mass is 9.95. The van der Waals surface area contributed by atoms with Crippen molar-refractivity contribution in [2.24, 2.45) is 0 Å². The van der Waals surface area contributed by atoms with Crippen LogP contribution in [0.1, 0.15) is 18.5 Å². The van der Waals surface area contributed by atoms with Gasteiger partial charge in [-0.3, -0.25) is 4.79 Å². The predicted octanol–water partition coefficient (Wildman–Crippen LogP) is 3.99. The first kappa shape index (κ1) is 20.0. The van der Waals surface area contributed by atoms with E-state index in [2.05, 4.69) is 36.6 Å². The van der Waals surface area contributed by atoms with Gasteiger partial charge in [0.1, 0.15) is 23.9 Å². The highest BCUT2D eigenvalue weighted by Gasteiger charge is 2.33. The van der Waals surface area contributed by atoms with E-state index in [0.717, 1.165) is 10.0 Å². The number of hydrogen-bond donors (Lipinski definition) is 2. The van der Waals surface area contributed by atoms with E-state index in [9.17, 15) is 4.79 Å². The second-order valence-corrected chi connectivity index (χ2v) is 7.59. The molecule has 2 heterocycles. The quantitative estimate of drug-likeness (QED) is 0.587. The van der Waals surface area contributed by atoms with Crippen LogP contribution in [-0.2, 0) is 4.79 Å². The maximum Gasteiger partial charge on any atom is 0.255 e. The number of carbonyl (C=O) groups is 1. The molecule has 154 valence electrons. The van der Waals surface area contributed by atoms with Crippen molar-refractivity contribution in [2.45, 2.75) is 13.0 Å². The topological polar surface area (TPSA) is 90.3 Å². The highest BCUT2D eigenvalue weighted by Crippen LogP contribution is 2.37. The Morgan fingerprint density at radius 3 is 2.77 bits per heavy atom. The molecule has 0 unspecified atom stereocenters. The SMILES string of the molecule is COc1ccc(NC(=O)C2=C(C)Nc3ncnn3[C@H]2c2cccc(Br)c2)c(OC)c1. The summed E-state index contributed by atoms with van der Waals surface area (Å²) in [5, 5.41) is 10.5. The lowest BCUT2D eigenvalue weighted by Gasteiger charge is -2.29. The highest BCUT2D eigenvalue weighted by molar-refractivity contribution is 9.10. The van der Waals surface area contributed by atoms with Gasteiger partial charge in [-0.2, -0.15) is 10.1 Å². The molecule has 0 fully saturated rings. The summed E-state index contributed by atoms with van der Waals surface area (Å²) in [5.41, 5.74) is 2.68. The zero-order valence-corrected chi connectivity index (χ0v) is 18.2. The molecule has 2 N–H and O–H groups in total. The van der Waals surface area contributed by atoms with E-state index in [1.165, 1.54) is 6.33 Å². The maximum atomic E-state index is 13.4. The van der Waals surface area contributed by atoms with Gasteiger partial charge in [-0.05, 0) is 36.8 Å². The molecule has 8 nitrogen and oxygen atoms in total. The first-order valence-electron chi connectivity index (χ1n) is 9.18. The summed E-state index contributed by atoms with van der Waals surface area (Å²) < 4.78 is 13.3. The molecule has 1 aliphatic rings. The van der Waals surface area contributed by atoms with Gasteiger partial charge in [0, 0.05) is 16.2 Å². The molecule has 2 aromatic carbocycles. The first-order chi connectivity index (χ1) is 14.5. The largest absolute Gasteiger partial charge is 0.497 e. The van der Waals surface area contributed by atoms with Crippen LogP contribution in [0.2, 0.25) is 0 Å². The molecule has 4 rings (SSSR count). The van der Waals surface area contributed by atoms with E-state index in [0.29, 0.717) is 34.4 Å². The molecule has 0 bridgehead atoms. The van der Waals surface area contributed by atoms with Gasteiger partial charge in [0.05, 0.1) is 25.5 Å². The van der Waals surface area contributed by atoms with E-state index >= 15 is 0 Å². The maximum absolute atomic E-state index is 13.4. The van der Waals surface area contributed by atoms with Gasteiger partial charge in [-0.25, -0.2) is 4.68 Å². The minimum Gasteiger partial charge on any atom is -0.497 e. The second-order valence-electron chi connectivity index (χ2n) is 6.67. The van der Waals surface area contributed by atoms with E-state index in [-0.39, 0.29) is 5.91 Å². The summed E-state index contributed by atoms with van der Waals surface area (Å²) in [6.45, 7) is 1.85. The zero-order chi connectivity index (χ0) is 21.3. The van der Waals surface area contributed by atoms with Gasteiger partial charge in [-0.15, -0.1) is 0 Å². The molecule has 0 saturated heterocycles. The third kappa shape index (κ3) is 3.63. The number of benzene rings is 2. The minimum atomic E-state index is -0.439. The van der Waals surface area contributed by atoms with E-state index < -0.39 is 6.04 Å². The van der Waals surface area contributed by atoms with Gasteiger partial charge in [0.2, 0.25) is 5.95 Å². The van der Waals surface area contributed by atoms with Crippen molar-refractivity contribution in [3.8, 4) is 11.5 Å². The van der Waals surface area contributed by atoms with Crippen molar-refractivity contribution in [1.29, 1.82) is 0 Å². The molecule has 0 spiro atoms. The number of nitrogens with zero attached hydrogens (tertiary/aromatic N) is 3. The molecule has 0 saturated carbocycles. The summed E-state index contributed by atoms with van der Waals surface area (Å²) in [4.78, 5) is 17.7. The molecule has 0 radical (unpaired) electrons. The molecular weight excluding hydrogens is 450 g/mol. The minimum absolute atomic E-state index is 0.269. The van der Waals surface area contributed by atoms with Crippen molar-refractivity contribution in [2.75, 3.05) is 24.9 Å². The standard InChI is InChI=1S/C21H20BrN5O3/c1-12-18(20(28)26-16-8-7-15(29-2)10-17(16)30-3)19(13-5-4-6-14(22)9-13)27-21(25-12)23-11-24-27/h4-11,19H,1-3H3,(H,26,28)(H,23,24,25)/t19-/m0/s1. The van der Waals surface area contributed by atoms with E-state index in [4.69, 9.17) is 9.47 Å². The molecule has 3 aromatic rings. The lowest BCUT2D eigenvalue weighted by molar-refractivity contribution is -0.113. The molecule has 0 aliphatic carbocycles. The molecule has 1 atom stereocenters. The highest BCUT2D eigenvalue weighted by atomic mass is 79.9. The first-order valence-corrected chi connectivity index (χ1v) is 9.97. The zero-order valence-electron chi connectivity index (χ0n) is 16.6. The fourth-order valence-electron chi connectivity index (χ4n) is 3.46. The summed E-state index contributed by atoms with van der Waals surface area (Å²) >= 11 is 3.51. The lowest BCUT2D eigenvalue weighted by Crippen LogP contribution is -2.31. The van der Waals surface area contributed by atoms with Gasteiger partial charge in [-0.1, -0.05) is 28.1 Å². The molecule has 1 aliphatic heterocycles. The fraction of sp³-hybridized carbons (Fsp3) is 0.190. The molecule has 1 amide bonds. The van der Waals surface area contributed by atoms with Crippen molar-refractivity contribution in [3.63, 3.8) is 0 Å². The van der Waals surface area contributed by atoms with Gasteiger partial charge in [0.25, 0.3) is 5.91 Å². The Labute approximate surface area is 182 Å². The number of hydrogen-bond acceptors (Lipinski definition) is 6. The Morgan fingerprint density at radius 1 is 1.20 bits per heavy atom. The molecule has 1 aromatic heterocycles. The van der Waals surface area contributed by atoms with Gasteiger partial charge in [0.15, 0.2) is 0 Å². The number of halogens is 1. The van der Waals surface area contributed by atoms with Crippen LogP contribution in [0, 0.1) is 0 Å². The number of aromatic nitrogens is 3. The third-order valence-corrected chi connectivity index (χ3v) is 5.35. The smallest absolute Gasteiger partial charge is 0.255 e. The fourth-order valence-corrected chi connectivity index (χ4v) is 3.88. The van der Waals surface area contributed by atoms with Crippen molar-refractivity contribution >= 4 is 33.5 Å². The van der Waals surface area contributed by atoms with E-state index in [1.807, 2.05) is 31.2 Å². The third-order valence-electron chi connectivity index (χ3n) is 4.86. The van der Waals surface area contributed by atoms with Crippen LogP contribution in [0.5, 0.6) is 11.5 Å². The number of amides is 1. The van der Waals surface area contributed by atoms with Crippen LogP contribution in [0.4, 0.5) is 11.6 Å². The summed E-state index contributed by atoms with van der Waals surface area (Å²) in [6, 6.07) is 12.6. The number of fused-ring (bicyclic) bond motifs is 1. The van der Waals surface area contributed by atoms with Crippen molar-refractivity contribution in [1.82, 2.24) is 14.8 Å². The predicted molar refractivity (Wildman–Crippen MR) is 117 cm³/mol. The van der Waals surface area contributed by atoms with Crippen LogP contribution in [0.3, 0.4) is 0 Å². The Hall–Kier alpha value is -3.33. The van der Waals surface area contributed by atoms with Crippen LogP contribution >= 0.6 is 15.9 Å². The second kappa shape index (κ2) is 8.19. The van der Waals surface area contributed by atoms with Crippen molar-refractivity contribution in [3.05, 3.63) is 70.1 Å². The monoisotopic (exact) mass is 469 g/mol. The number of ether oxygens (including phenoxy) is 2. The Balaban J connectivity index is 1.75. The average Bonchev–Trinajstić information content (AvgIpc) is 3.20. The van der Waals surface area contributed by atoms with E-state index in [1.54, 1.807) is 37.1 Å². The number of anilines is 2. The van der Waals surface area contributed by atoms with Crippen LogP contribution in [0.25, 0.3) is 0 Å². The van der Waals surface area contributed by atoms with Crippen LogP contribution in [0.15, 0.2) is 64.5 Å². The Kier molecular flexibility index (Phi) is 5.45. The number of methoxy groups -OCH3 is 2. The summed E-state index contributed by atoms with van der Waals surface area (Å²) in [5.74, 6) is 1.45. The molecule has 30 heavy (non-hydrogen) atoms. The Bertz CT molecular complexity index is 1140.